The summed E-state index contributed by atoms with van der Waals surface area (Å²) in [5, 5.41) is 7.24. The molecule has 1 amide bonds. The van der Waals surface area contributed by atoms with Crippen LogP contribution in [-0.2, 0) is 11.3 Å². The SMILES string of the molecule is CC[C@H](Oc1cccc(Cl)c1)C(=O)NCc1nc(-c2cccc(OC)c2)no1. The number of hydrogen-bond acceptors (Lipinski definition) is 6. The molecule has 0 radical (unpaired) electrons. The molecular weight excluding hydrogens is 382 g/mol. The molecule has 2 aromatic carbocycles. The van der Waals surface area contributed by atoms with E-state index >= 15 is 0 Å². The first-order chi connectivity index (χ1) is 13.6. The van der Waals surface area contributed by atoms with E-state index in [-0.39, 0.29) is 12.5 Å². The Labute approximate surface area is 167 Å². The molecular formula is C20H20ClN3O4. The summed E-state index contributed by atoms with van der Waals surface area (Å²) in [7, 11) is 1.59. The Balaban J connectivity index is 1.60. The van der Waals surface area contributed by atoms with Gasteiger partial charge in [-0.3, -0.25) is 4.79 Å². The minimum atomic E-state index is -0.653. The van der Waals surface area contributed by atoms with Crippen molar-refractivity contribution < 1.29 is 18.8 Å². The first-order valence-corrected chi connectivity index (χ1v) is 9.13. The lowest BCUT2D eigenvalue weighted by Crippen LogP contribution is -2.37. The van der Waals surface area contributed by atoms with E-state index < -0.39 is 6.10 Å². The highest BCUT2D eigenvalue weighted by Crippen LogP contribution is 2.21. The number of carbonyl (C=O) groups is 1. The van der Waals surface area contributed by atoms with Gasteiger partial charge in [-0.15, -0.1) is 0 Å². The van der Waals surface area contributed by atoms with E-state index in [9.17, 15) is 4.79 Å². The van der Waals surface area contributed by atoms with Crippen molar-refractivity contribution in [2.24, 2.45) is 0 Å². The molecule has 0 saturated heterocycles. The van der Waals surface area contributed by atoms with Crippen molar-refractivity contribution in [1.82, 2.24) is 15.5 Å². The molecule has 1 heterocycles. The van der Waals surface area contributed by atoms with Gasteiger partial charge in [0, 0.05) is 10.6 Å². The molecule has 0 spiro atoms. The number of carbonyl (C=O) groups excluding carboxylic acids is 1. The van der Waals surface area contributed by atoms with Gasteiger partial charge in [0.05, 0.1) is 13.7 Å². The monoisotopic (exact) mass is 401 g/mol. The van der Waals surface area contributed by atoms with Crippen molar-refractivity contribution in [2.75, 3.05) is 7.11 Å². The van der Waals surface area contributed by atoms with E-state index in [1.807, 2.05) is 25.1 Å². The summed E-state index contributed by atoms with van der Waals surface area (Å²) in [6.45, 7) is 1.97. The van der Waals surface area contributed by atoms with Crippen LogP contribution in [0.1, 0.15) is 19.2 Å². The zero-order chi connectivity index (χ0) is 19.9. The number of nitrogens with zero attached hydrogens (tertiary/aromatic N) is 2. The van der Waals surface area contributed by atoms with Gasteiger partial charge >= 0.3 is 0 Å². The number of methoxy groups -OCH3 is 1. The number of hydrogen-bond donors (Lipinski definition) is 1. The van der Waals surface area contributed by atoms with E-state index in [2.05, 4.69) is 15.5 Å². The molecule has 1 aromatic heterocycles. The topological polar surface area (TPSA) is 86.5 Å². The Bertz CT molecular complexity index is 944. The van der Waals surface area contributed by atoms with Gasteiger partial charge < -0.3 is 19.3 Å². The summed E-state index contributed by atoms with van der Waals surface area (Å²) < 4.78 is 16.1. The van der Waals surface area contributed by atoms with Crippen LogP contribution in [0.4, 0.5) is 0 Å². The number of nitrogens with one attached hydrogen (secondary N) is 1. The molecule has 0 unspecified atom stereocenters. The highest BCUT2D eigenvalue weighted by atomic mass is 35.5. The van der Waals surface area contributed by atoms with Crippen molar-refractivity contribution in [3.63, 3.8) is 0 Å². The van der Waals surface area contributed by atoms with Crippen LogP contribution in [0.5, 0.6) is 11.5 Å². The van der Waals surface area contributed by atoms with Crippen molar-refractivity contribution in [3.8, 4) is 22.9 Å². The Morgan fingerprint density at radius 2 is 2.00 bits per heavy atom. The fourth-order valence-electron chi connectivity index (χ4n) is 2.51. The molecule has 28 heavy (non-hydrogen) atoms. The highest BCUT2D eigenvalue weighted by molar-refractivity contribution is 6.30. The van der Waals surface area contributed by atoms with Crippen LogP contribution < -0.4 is 14.8 Å². The van der Waals surface area contributed by atoms with Crippen LogP contribution >= 0.6 is 11.6 Å². The van der Waals surface area contributed by atoms with Gasteiger partial charge in [-0.25, -0.2) is 0 Å². The number of aromatic nitrogens is 2. The number of halogens is 1. The lowest BCUT2D eigenvalue weighted by molar-refractivity contribution is -0.128. The molecule has 1 atom stereocenters. The molecule has 3 rings (SSSR count). The third-order valence-electron chi connectivity index (χ3n) is 3.95. The second-order valence-corrected chi connectivity index (χ2v) is 6.37. The smallest absolute Gasteiger partial charge is 0.261 e. The third-order valence-corrected chi connectivity index (χ3v) is 4.18. The van der Waals surface area contributed by atoms with E-state index in [1.54, 1.807) is 37.4 Å². The van der Waals surface area contributed by atoms with Crippen LogP contribution in [0.25, 0.3) is 11.4 Å². The summed E-state index contributed by atoms with van der Waals surface area (Å²) in [6.07, 6.45) is -0.156. The standard InChI is InChI=1S/C20H20ClN3O4/c1-3-17(27-16-9-5-7-14(21)11-16)20(25)22-12-18-23-19(24-28-18)13-6-4-8-15(10-13)26-2/h4-11,17H,3,12H2,1-2H3,(H,22,25)/t17-/m0/s1. The summed E-state index contributed by atoms with van der Waals surface area (Å²) in [5.74, 6) is 1.67. The molecule has 0 saturated carbocycles. The summed E-state index contributed by atoms with van der Waals surface area (Å²) >= 11 is 5.95. The fraction of sp³-hybridized carbons (Fsp3) is 0.250. The number of rotatable bonds is 8. The van der Waals surface area contributed by atoms with E-state index in [0.29, 0.717) is 34.7 Å². The zero-order valence-electron chi connectivity index (χ0n) is 15.5. The van der Waals surface area contributed by atoms with E-state index in [4.69, 9.17) is 25.6 Å². The number of ether oxygens (including phenoxy) is 2. The molecule has 3 aromatic rings. The van der Waals surface area contributed by atoms with Crippen LogP contribution in [0.3, 0.4) is 0 Å². The zero-order valence-corrected chi connectivity index (χ0v) is 16.3. The summed E-state index contributed by atoms with van der Waals surface area (Å²) in [4.78, 5) is 16.7. The Morgan fingerprint density at radius 1 is 1.21 bits per heavy atom. The van der Waals surface area contributed by atoms with Gasteiger partial charge in [-0.2, -0.15) is 4.98 Å². The predicted octanol–water partition coefficient (Wildman–Crippen LogP) is 3.87. The minimum Gasteiger partial charge on any atom is -0.497 e. The lowest BCUT2D eigenvalue weighted by atomic mass is 10.2. The maximum atomic E-state index is 12.4. The molecule has 0 fully saturated rings. The average Bonchev–Trinajstić information content (AvgIpc) is 3.19. The number of amides is 1. The molecule has 0 bridgehead atoms. The van der Waals surface area contributed by atoms with E-state index in [1.165, 1.54) is 0 Å². The molecule has 7 nitrogen and oxygen atoms in total. The second kappa shape index (κ2) is 9.23. The molecule has 146 valence electrons. The van der Waals surface area contributed by atoms with Crippen molar-refractivity contribution in [3.05, 3.63) is 59.4 Å². The van der Waals surface area contributed by atoms with Gasteiger partial charge in [0.15, 0.2) is 6.10 Å². The fourth-order valence-corrected chi connectivity index (χ4v) is 2.69. The Kier molecular flexibility index (Phi) is 6.49. The summed E-state index contributed by atoms with van der Waals surface area (Å²) in [6, 6.07) is 14.2. The van der Waals surface area contributed by atoms with Crippen LogP contribution in [0.15, 0.2) is 53.1 Å². The number of benzene rings is 2. The minimum absolute atomic E-state index is 0.102. The largest absolute Gasteiger partial charge is 0.497 e. The maximum absolute atomic E-state index is 12.4. The van der Waals surface area contributed by atoms with Crippen molar-refractivity contribution in [2.45, 2.75) is 26.0 Å². The molecule has 1 N–H and O–H groups in total. The van der Waals surface area contributed by atoms with Gasteiger partial charge in [0.25, 0.3) is 5.91 Å². The van der Waals surface area contributed by atoms with Crippen LogP contribution in [-0.4, -0.2) is 29.3 Å². The molecule has 0 aliphatic heterocycles. The second-order valence-electron chi connectivity index (χ2n) is 5.93. The maximum Gasteiger partial charge on any atom is 0.261 e. The van der Waals surface area contributed by atoms with Crippen LogP contribution in [0, 0.1) is 0 Å². The van der Waals surface area contributed by atoms with Gasteiger partial charge in [-0.1, -0.05) is 41.9 Å². The predicted molar refractivity (Wildman–Crippen MR) is 104 cm³/mol. The van der Waals surface area contributed by atoms with Gasteiger partial charge in [-0.05, 0) is 36.8 Å². The summed E-state index contributed by atoms with van der Waals surface area (Å²) in [5.41, 5.74) is 0.761. The first kappa shape index (κ1) is 19.7. The molecule has 8 heteroatoms. The van der Waals surface area contributed by atoms with E-state index in [0.717, 1.165) is 5.56 Å². The van der Waals surface area contributed by atoms with Gasteiger partial charge in [0.2, 0.25) is 11.7 Å². The molecule has 0 aliphatic carbocycles. The Morgan fingerprint density at radius 3 is 2.75 bits per heavy atom. The molecule has 0 aliphatic rings. The lowest BCUT2D eigenvalue weighted by Gasteiger charge is -2.16. The normalized spacial score (nSPS) is 11.7. The van der Waals surface area contributed by atoms with Gasteiger partial charge in [0.1, 0.15) is 11.5 Å². The van der Waals surface area contributed by atoms with Crippen molar-refractivity contribution >= 4 is 17.5 Å². The Hall–Kier alpha value is -3.06. The van der Waals surface area contributed by atoms with Crippen LogP contribution in [0.2, 0.25) is 5.02 Å². The third kappa shape index (κ3) is 5.01. The quantitative estimate of drug-likeness (QED) is 0.616. The van der Waals surface area contributed by atoms with Crippen molar-refractivity contribution in [1.29, 1.82) is 0 Å². The first-order valence-electron chi connectivity index (χ1n) is 8.76. The highest BCUT2D eigenvalue weighted by Gasteiger charge is 2.19. The average molecular weight is 402 g/mol.